The molecule has 0 saturated heterocycles. The van der Waals surface area contributed by atoms with Gasteiger partial charge in [-0.25, -0.2) is 0 Å². The van der Waals surface area contributed by atoms with Crippen LogP contribution in [-0.4, -0.2) is 30.6 Å². The van der Waals surface area contributed by atoms with Crippen molar-refractivity contribution < 1.29 is 19.4 Å². The van der Waals surface area contributed by atoms with E-state index in [9.17, 15) is 9.59 Å². The molecule has 1 aromatic carbocycles. The number of amides is 1. The van der Waals surface area contributed by atoms with Crippen LogP contribution in [0.5, 0.6) is 0 Å². The van der Waals surface area contributed by atoms with Crippen LogP contribution in [-0.2, 0) is 14.3 Å². The molecule has 3 unspecified atom stereocenters. The van der Waals surface area contributed by atoms with E-state index in [-0.39, 0.29) is 17.9 Å². The Balaban J connectivity index is 1.87. The number of carbonyl (C=O) groups excluding carboxylic acids is 1. The normalized spacial score (nSPS) is 22.8. The summed E-state index contributed by atoms with van der Waals surface area (Å²) in [5.74, 6) is -1.46. The lowest BCUT2D eigenvalue weighted by Gasteiger charge is -2.26. The Bertz CT molecular complexity index is 503. The van der Waals surface area contributed by atoms with Crippen LogP contribution in [0, 0.1) is 11.8 Å². The third-order valence-corrected chi connectivity index (χ3v) is 4.31. The Hall–Kier alpha value is -1.88. The van der Waals surface area contributed by atoms with E-state index in [1.54, 1.807) is 7.11 Å². The van der Waals surface area contributed by atoms with Crippen molar-refractivity contribution in [3.8, 4) is 0 Å². The van der Waals surface area contributed by atoms with Crippen LogP contribution >= 0.6 is 0 Å². The maximum Gasteiger partial charge on any atom is 0.306 e. The summed E-state index contributed by atoms with van der Waals surface area (Å²) in [6.07, 6.45) is 2.47. The van der Waals surface area contributed by atoms with Gasteiger partial charge < -0.3 is 15.2 Å². The quantitative estimate of drug-likeness (QED) is 0.846. The van der Waals surface area contributed by atoms with Gasteiger partial charge >= 0.3 is 5.97 Å². The van der Waals surface area contributed by atoms with Gasteiger partial charge in [-0.1, -0.05) is 36.8 Å². The summed E-state index contributed by atoms with van der Waals surface area (Å²) in [7, 11) is 1.62. The molecule has 0 bridgehead atoms. The van der Waals surface area contributed by atoms with Crippen LogP contribution in [0.2, 0.25) is 0 Å². The average Bonchev–Trinajstić information content (AvgIpc) is 2.56. The molecule has 0 aromatic heterocycles. The molecule has 5 heteroatoms. The van der Waals surface area contributed by atoms with E-state index in [0.29, 0.717) is 19.4 Å². The molecule has 1 amide bonds. The Kier molecular flexibility index (Phi) is 5.95. The van der Waals surface area contributed by atoms with Crippen molar-refractivity contribution in [1.82, 2.24) is 5.32 Å². The van der Waals surface area contributed by atoms with Crippen molar-refractivity contribution in [3.05, 3.63) is 35.9 Å². The van der Waals surface area contributed by atoms with Crippen LogP contribution in [0.25, 0.3) is 0 Å². The zero-order valence-corrected chi connectivity index (χ0v) is 12.8. The molecule has 1 aromatic rings. The molecule has 0 heterocycles. The van der Waals surface area contributed by atoms with Gasteiger partial charge in [-0.15, -0.1) is 0 Å². The predicted molar refractivity (Wildman–Crippen MR) is 82.3 cm³/mol. The Morgan fingerprint density at radius 2 is 1.95 bits per heavy atom. The van der Waals surface area contributed by atoms with Crippen molar-refractivity contribution >= 4 is 11.9 Å². The lowest BCUT2D eigenvalue weighted by atomic mass is 9.81. The molecule has 5 nitrogen and oxygen atoms in total. The molecule has 2 N–H and O–H groups in total. The molecule has 1 saturated carbocycles. The number of aliphatic carboxylic acids is 1. The van der Waals surface area contributed by atoms with E-state index in [4.69, 9.17) is 9.84 Å². The number of ether oxygens (including phenoxy) is 1. The molecule has 120 valence electrons. The van der Waals surface area contributed by atoms with Gasteiger partial charge in [-0.05, 0) is 24.8 Å². The Labute approximate surface area is 130 Å². The van der Waals surface area contributed by atoms with Gasteiger partial charge in [-0.2, -0.15) is 0 Å². The molecular formula is C17H23NO4. The summed E-state index contributed by atoms with van der Waals surface area (Å²) < 4.78 is 5.42. The van der Waals surface area contributed by atoms with Gasteiger partial charge in [0, 0.05) is 19.6 Å². The number of hydrogen-bond acceptors (Lipinski definition) is 3. The number of carbonyl (C=O) groups is 2. The van der Waals surface area contributed by atoms with Crippen LogP contribution < -0.4 is 5.32 Å². The maximum atomic E-state index is 12.3. The fourth-order valence-electron chi connectivity index (χ4n) is 2.99. The molecule has 2 rings (SSSR count). The molecule has 0 aliphatic heterocycles. The molecule has 1 aliphatic carbocycles. The molecule has 1 aliphatic rings. The number of methoxy groups -OCH3 is 1. The van der Waals surface area contributed by atoms with Gasteiger partial charge in [0.1, 0.15) is 0 Å². The molecule has 22 heavy (non-hydrogen) atoms. The van der Waals surface area contributed by atoms with Gasteiger partial charge in [0.05, 0.1) is 12.0 Å². The number of carboxylic acid groups (broad SMARTS) is 1. The highest BCUT2D eigenvalue weighted by Gasteiger charge is 2.31. The SMILES string of the molecule is COC(CNC(=O)C1CCCC(C(=O)O)C1)c1ccccc1. The standard InChI is InChI=1S/C17H23NO4/c1-22-15(12-6-3-2-4-7-12)11-18-16(19)13-8-5-9-14(10-13)17(20)21/h2-4,6-7,13-15H,5,8-11H2,1H3,(H,18,19)(H,20,21). The van der Waals surface area contributed by atoms with Crippen LogP contribution in [0.3, 0.4) is 0 Å². The number of carboxylic acids is 1. The van der Waals surface area contributed by atoms with E-state index in [2.05, 4.69) is 5.32 Å². The van der Waals surface area contributed by atoms with Gasteiger partial charge in [0.15, 0.2) is 0 Å². The fraction of sp³-hybridized carbons (Fsp3) is 0.529. The van der Waals surface area contributed by atoms with Crippen molar-refractivity contribution in [2.24, 2.45) is 11.8 Å². The molecule has 3 atom stereocenters. The highest BCUT2D eigenvalue weighted by molar-refractivity contribution is 5.80. The molecule has 0 spiro atoms. The largest absolute Gasteiger partial charge is 0.481 e. The maximum absolute atomic E-state index is 12.3. The number of hydrogen-bond donors (Lipinski definition) is 2. The van der Waals surface area contributed by atoms with E-state index in [1.807, 2.05) is 30.3 Å². The number of nitrogens with one attached hydrogen (secondary N) is 1. The average molecular weight is 305 g/mol. The van der Waals surface area contributed by atoms with Crippen molar-refractivity contribution in [3.63, 3.8) is 0 Å². The van der Waals surface area contributed by atoms with Gasteiger partial charge in [0.2, 0.25) is 5.91 Å². The highest BCUT2D eigenvalue weighted by Crippen LogP contribution is 2.29. The lowest BCUT2D eigenvalue weighted by Crippen LogP contribution is -2.37. The summed E-state index contributed by atoms with van der Waals surface area (Å²) in [5.41, 5.74) is 1.01. The molecular weight excluding hydrogens is 282 g/mol. The smallest absolute Gasteiger partial charge is 0.306 e. The molecule has 1 fully saturated rings. The summed E-state index contributed by atoms with van der Waals surface area (Å²) in [6.45, 7) is 0.396. The van der Waals surface area contributed by atoms with Crippen LogP contribution in [0.15, 0.2) is 30.3 Å². The third kappa shape index (κ3) is 4.31. The van der Waals surface area contributed by atoms with E-state index >= 15 is 0 Å². The topological polar surface area (TPSA) is 75.6 Å². The second kappa shape index (κ2) is 7.94. The first-order valence-electron chi connectivity index (χ1n) is 7.70. The monoisotopic (exact) mass is 305 g/mol. The van der Waals surface area contributed by atoms with Crippen molar-refractivity contribution in [2.45, 2.75) is 31.8 Å². The minimum Gasteiger partial charge on any atom is -0.481 e. The second-order valence-corrected chi connectivity index (χ2v) is 5.78. The van der Waals surface area contributed by atoms with Crippen LogP contribution in [0.1, 0.15) is 37.4 Å². The van der Waals surface area contributed by atoms with Crippen LogP contribution in [0.4, 0.5) is 0 Å². The lowest BCUT2D eigenvalue weighted by molar-refractivity contribution is -0.144. The summed E-state index contributed by atoms with van der Waals surface area (Å²) in [5, 5.41) is 12.0. The van der Waals surface area contributed by atoms with Gasteiger partial charge in [0.25, 0.3) is 0 Å². The zero-order chi connectivity index (χ0) is 15.9. The second-order valence-electron chi connectivity index (χ2n) is 5.78. The van der Waals surface area contributed by atoms with E-state index in [1.165, 1.54) is 0 Å². The first kappa shape index (κ1) is 16.5. The van der Waals surface area contributed by atoms with E-state index < -0.39 is 11.9 Å². The summed E-state index contributed by atoms with van der Waals surface area (Å²) >= 11 is 0. The highest BCUT2D eigenvalue weighted by atomic mass is 16.5. The van der Waals surface area contributed by atoms with Gasteiger partial charge in [-0.3, -0.25) is 9.59 Å². The summed E-state index contributed by atoms with van der Waals surface area (Å²) in [6, 6.07) is 9.72. The Morgan fingerprint density at radius 1 is 1.27 bits per heavy atom. The van der Waals surface area contributed by atoms with E-state index in [0.717, 1.165) is 18.4 Å². The first-order chi connectivity index (χ1) is 10.6. The number of rotatable bonds is 6. The Morgan fingerprint density at radius 3 is 2.59 bits per heavy atom. The van der Waals surface area contributed by atoms with Crippen molar-refractivity contribution in [2.75, 3.05) is 13.7 Å². The minimum atomic E-state index is -0.795. The minimum absolute atomic E-state index is 0.0658. The first-order valence-corrected chi connectivity index (χ1v) is 7.70. The third-order valence-electron chi connectivity index (χ3n) is 4.31. The van der Waals surface area contributed by atoms with Crippen molar-refractivity contribution in [1.29, 1.82) is 0 Å². The fourth-order valence-corrected chi connectivity index (χ4v) is 2.99. The predicted octanol–water partition coefficient (Wildman–Crippen LogP) is 2.38. The molecule has 0 radical (unpaired) electrons. The summed E-state index contributed by atoms with van der Waals surface area (Å²) in [4.78, 5) is 23.3. The number of benzene rings is 1. The zero-order valence-electron chi connectivity index (χ0n) is 12.8.